The second-order valence-corrected chi connectivity index (χ2v) is 5.60. The van der Waals surface area contributed by atoms with Crippen LogP contribution in [0.1, 0.15) is 44.2 Å². The highest BCUT2D eigenvalue weighted by Crippen LogP contribution is 2.14. The summed E-state index contributed by atoms with van der Waals surface area (Å²) >= 11 is 0. The number of aryl methyl sites for hydroxylation is 1. The van der Waals surface area contributed by atoms with Gasteiger partial charge in [-0.05, 0) is 56.4 Å². The van der Waals surface area contributed by atoms with E-state index in [1.807, 2.05) is 0 Å². The van der Waals surface area contributed by atoms with Crippen LogP contribution in [0.3, 0.4) is 0 Å². The smallest absolute Gasteiger partial charge is 0.0236 e. The predicted molar refractivity (Wildman–Crippen MR) is 82.4 cm³/mol. The Balaban J connectivity index is 1.96. The molecule has 1 fully saturated rings. The lowest BCUT2D eigenvalue weighted by molar-refractivity contribution is 0.224. The number of nitrogens with one attached hydrogen (secondary N) is 1. The van der Waals surface area contributed by atoms with E-state index >= 15 is 0 Å². The minimum atomic E-state index is 0.712. The molecular weight excluding hydrogens is 232 g/mol. The lowest BCUT2D eigenvalue weighted by Crippen LogP contribution is -2.39. The van der Waals surface area contributed by atoms with Gasteiger partial charge in [0.2, 0.25) is 0 Å². The lowest BCUT2D eigenvalue weighted by atomic mass is 10.0. The van der Waals surface area contributed by atoms with E-state index in [0.717, 1.165) is 13.0 Å². The Morgan fingerprint density at radius 1 is 1.16 bits per heavy atom. The van der Waals surface area contributed by atoms with Gasteiger partial charge >= 0.3 is 0 Å². The van der Waals surface area contributed by atoms with Gasteiger partial charge in [-0.25, -0.2) is 0 Å². The Morgan fingerprint density at radius 3 is 2.68 bits per heavy atom. The fraction of sp³-hybridized carbons (Fsp3) is 0.647. The van der Waals surface area contributed by atoms with Gasteiger partial charge in [0.25, 0.3) is 0 Å². The van der Waals surface area contributed by atoms with E-state index < -0.39 is 0 Å². The molecule has 1 saturated heterocycles. The molecule has 2 heteroatoms. The molecule has 0 spiro atoms. The van der Waals surface area contributed by atoms with Crippen molar-refractivity contribution < 1.29 is 0 Å². The summed E-state index contributed by atoms with van der Waals surface area (Å²) < 4.78 is 0. The molecule has 2 rings (SSSR count). The molecule has 1 aromatic carbocycles. The van der Waals surface area contributed by atoms with Crippen LogP contribution >= 0.6 is 0 Å². The molecule has 106 valence electrons. The molecular formula is C17H28N2. The summed E-state index contributed by atoms with van der Waals surface area (Å²) in [6, 6.07) is 9.62. The van der Waals surface area contributed by atoms with E-state index in [9.17, 15) is 0 Å². The Hall–Kier alpha value is -0.860. The van der Waals surface area contributed by atoms with Crippen LogP contribution in [0, 0.1) is 0 Å². The highest BCUT2D eigenvalue weighted by Gasteiger charge is 2.14. The van der Waals surface area contributed by atoms with Gasteiger partial charge in [0.15, 0.2) is 0 Å². The number of nitrogens with zero attached hydrogens (tertiary/aromatic N) is 1. The maximum atomic E-state index is 3.65. The maximum Gasteiger partial charge on any atom is 0.0236 e. The quantitative estimate of drug-likeness (QED) is 0.894. The Labute approximate surface area is 118 Å². The molecule has 1 heterocycles. The van der Waals surface area contributed by atoms with Crippen molar-refractivity contribution in [3.05, 3.63) is 35.4 Å². The molecule has 0 radical (unpaired) electrons. The predicted octanol–water partition coefficient (Wildman–Crippen LogP) is 3.21. The standard InChI is InChI=1S/C17H28N2/c1-3-15-8-5-6-9-16(15)14-19-12-7-11-18-17(4-2)10-13-19/h5-6,8-9,17-18H,3-4,7,10-14H2,1-2H3. The number of hydrogen-bond donors (Lipinski definition) is 1. The van der Waals surface area contributed by atoms with Crippen molar-refractivity contribution in [2.75, 3.05) is 19.6 Å². The minimum absolute atomic E-state index is 0.712. The molecule has 19 heavy (non-hydrogen) atoms. The summed E-state index contributed by atoms with van der Waals surface area (Å²) in [5.41, 5.74) is 3.03. The highest BCUT2D eigenvalue weighted by molar-refractivity contribution is 5.26. The van der Waals surface area contributed by atoms with Crippen LogP contribution in [0.25, 0.3) is 0 Å². The van der Waals surface area contributed by atoms with Gasteiger partial charge in [-0.2, -0.15) is 0 Å². The summed E-state index contributed by atoms with van der Waals surface area (Å²) in [6.07, 6.45) is 4.94. The lowest BCUT2D eigenvalue weighted by Gasteiger charge is -2.29. The van der Waals surface area contributed by atoms with Crippen LogP contribution in [-0.2, 0) is 13.0 Å². The van der Waals surface area contributed by atoms with Crippen molar-refractivity contribution in [3.8, 4) is 0 Å². The van der Waals surface area contributed by atoms with Crippen molar-refractivity contribution in [3.63, 3.8) is 0 Å². The zero-order chi connectivity index (χ0) is 13.5. The van der Waals surface area contributed by atoms with Crippen LogP contribution in [-0.4, -0.2) is 30.6 Å². The zero-order valence-electron chi connectivity index (χ0n) is 12.5. The van der Waals surface area contributed by atoms with Gasteiger partial charge in [0.1, 0.15) is 0 Å². The first-order valence-electron chi connectivity index (χ1n) is 7.86. The zero-order valence-corrected chi connectivity index (χ0v) is 12.5. The van der Waals surface area contributed by atoms with E-state index in [0.29, 0.717) is 6.04 Å². The van der Waals surface area contributed by atoms with Gasteiger partial charge < -0.3 is 5.32 Å². The first-order valence-corrected chi connectivity index (χ1v) is 7.86. The van der Waals surface area contributed by atoms with E-state index in [-0.39, 0.29) is 0 Å². The number of hydrogen-bond acceptors (Lipinski definition) is 2. The van der Waals surface area contributed by atoms with Crippen molar-refractivity contribution in [2.24, 2.45) is 0 Å². The second-order valence-electron chi connectivity index (χ2n) is 5.60. The van der Waals surface area contributed by atoms with Crippen molar-refractivity contribution >= 4 is 0 Å². The van der Waals surface area contributed by atoms with Crippen LogP contribution in [0.4, 0.5) is 0 Å². The molecule has 1 aliphatic rings. The summed E-state index contributed by atoms with van der Waals surface area (Å²) in [5, 5.41) is 3.65. The molecule has 0 amide bonds. The third-order valence-electron chi connectivity index (χ3n) is 4.26. The van der Waals surface area contributed by atoms with E-state index in [4.69, 9.17) is 0 Å². The second kappa shape index (κ2) is 7.66. The van der Waals surface area contributed by atoms with Gasteiger partial charge in [0, 0.05) is 12.6 Å². The molecule has 0 aliphatic carbocycles. The molecule has 0 bridgehead atoms. The average Bonchev–Trinajstić information content (AvgIpc) is 2.43. The number of benzene rings is 1. The monoisotopic (exact) mass is 260 g/mol. The van der Waals surface area contributed by atoms with Crippen molar-refractivity contribution in [1.29, 1.82) is 0 Å². The summed E-state index contributed by atoms with van der Waals surface area (Å²) in [5.74, 6) is 0. The van der Waals surface area contributed by atoms with Gasteiger partial charge in [-0.3, -0.25) is 4.90 Å². The molecule has 2 nitrogen and oxygen atoms in total. The molecule has 1 aliphatic heterocycles. The fourth-order valence-electron chi connectivity index (χ4n) is 2.97. The highest BCUT2D eigenvalue weighted by atomic mass is 15.1. The van der Waals surface area contributed by atoms with E-state index in [1.54, 1.807) is 0 Å². The largest absolute Gasteiger partial charge is 0.314 e. The minimum Gasteiger partial charge on any atom is -0.314 e. The molecule has 1 N–H and O–H groups in total. The van der Waals surface area contributed by atoms with Crippen LogP contribution in [0.2, 0.25) is 0 Å². The maximum absolute atomic E-state index is 3.65. The summed E-state index contributed by atoms with van der Waals surface area (Å²) in [7, 11) is 0. The fourth-order valence-corrected chi connectivity index (χ4v) is 2.97. The topological polar surface area (TPSA) is 15.3 Å². The van der Waals surface area contributed by atoms with Gasteiger partial charge in [0.05, 0.1) is 0 Å². The molecule has 1 aromatic rings. The molecule has 1 atom stereocenters. The van der Waals surface area contributed by atoms with Crippen LogP contribution in [0.15, 0.2) is 24.3 Å². The molecule has 0 aromatic heterocycles. The Morgan fingerprint density at radius 2 is 1.95 bits per heavy atom. The molecule has 0 saturated carbocycles. The van der Waals surface area contributed by atoms with Gasteiger partial charge in [-0.15, -0.1) is 0 Å². The first-order chi connectivity index (χ1) is 9.33. The normalized spacial score (nSPS) is 21.9. The average molecular weight is 260 g/mol. The Kier molecular flexibility index (Phi) is 5.87. The number of rotatable bonds is 4. The van der Waals surface area contributed by atoms with E-state index in [2.05, 4.69) is 48.3 Å². The van der Waals surface area contributed by atoms with Crippen molar-refractivity contribution in [1.82, 2.24) is 10.2 Å². The van der Waals surface area contributed by atoms with E-state index in [1.165, 1.54) is 50.0 Å². The molecule has 1 unspecified atom stereocenters. The summed E-state index contributed by atoms with van der Waals surface area (Å²) in [6.45, 7) is 9.29. The van der Waals surface area contributed by atoms with Crippen LogP contribution in [0.5, 0.6) is 0 Å². The Bertz CT molecular complexity index is 375. The van der Waals surface area contributed by atoms with Crippen LogP contribution < -0.4 is 5.32 Å². The third kappa shape index (κ3) is 4.32. The summed E-state index contributed by atoms with van der Waals surface area (Å²) in [4.78, 5) is 2.64. The van der Waals surface area contributed by atoms with Gasteiger partial charge in [-0.1, -0.05) is 38.1 Å². The first kappa shape index (κ1) is 14.5. The van der Waals surface area contributed by atoms with Crippen molar-refractivity contribution in [2.45, 2.75) is 52.1 Å². The SMILES string of the molecule is CCc1ccccc1CN1CCCNC(CC)CC1. The third-order valence-corrected chi connectivity index (χ3v) is 4.26.